The molecule has 0 aromatic heterocycles. The summed E-state index contributed by atoms with van der Waals surface area (Å²) in [5.41, 5.74) is 10.7. The highest BCUT2D eigenvalue weighted by Crippen LogP contribution is 2.28. The first kappa shape index (κ1) is 57.1. The zero-order valence-electron chi connectivity index (χ0n) is 34.4. The third-order valence-corrected chi connectivity index (χ3v) is 8.81. The summed E-state index contributed by atoms with van der Waals surface area (Å²) in [5.74, 6) is 0.163. The summed E-state index contributed by atoms with van der Waals surface area (Å²) in [4.78, 5) is 55.3. The van der Waals surface area contributed by atoms with Crippen molar-refractivity contribution in [1.29, 1.82) is 0 Å². The first-order valence-electron chi connectivity index (χ1n) is 19.1. The molecule has 0 aliphatic heterocycles. The van der Waals surface area contributed by atoms with Gasteiger partial charge in [-0.05, 0) is 136 Å². The lowest BCUT2D eigenvalue weighted by atomic mass is 9.84. The Morgan fingerprint density at radius 1 is 0.618 bits per heavy atom. The van der Waals surface area contributed by atoms with Crippen molar-refractivity contribution in [3.05, 3.63) is 0 Å². The lowest BCUT2D eigenvalue weighted by molar-refractivity contribution is -0.156. The van der Waals surface area contributed by atoms with Gasteiger partial charge in [-0.1, -0.05) is 14.4 Å². The number of hydrogen-bond acceptors (Lipinski definition) is 11. The fraction of sp³-hybridized carbons (Fsp3) is 0.872. The van der Waals surface area contributed by atoms with E-state index in [0.29, 0.717) is 36.9 Å². The largest absolute Gasteiger partial charge is 0.460 e. The molecule has 0 aromatic rings. The van der Waals surface area contributed by atoms with Crippen molar-refractivity contribution in [2.45, 2.75) is 187 Å². The molecular weight excluding hydrogens is 753 g/mol. The van der Waals surface area contributed by atoms with Gasteiger partial charge < -0.3 is 46.4 Å². The number of carbonyl (C=O) groups is 5. The number of nitrogens with one attached hydrogen (secondary N) is 3. The predicted octanol–water partition coefficient (Wildman–Crippen LogP) is 6.06. The van der Waals surface area contributed by atoms with E-state index in [9.17, 15) is 24.0 Å². The van der Waals surface area contributed by atoms with Crippen molar-refractivity contribution in [1.82, 2.24) is 16.0 Å². The molecule has 326 valence electrons. The molecule has 0 aromatic carbocycles. The first-order valence-corrected chi connectivity index (χ1v) is 19.5. The van der Waals surface area contributed by atoms with Crippen molar-refractivity contribution in [3.8, 4) is 0 Å². The van der Waals surface area contributed by atoms with Gasteiger partial charge in [0.05, 0.1) is 0 Å². The second-order valence-electron chi connectivity index (χ2n) is 16.1. The molecule has 3 saturated carbocycles. The van der Waals surface area contributed by atoms with E-state index in [1.807, 2.05) is 41.5 Å². The number of carbonyl (C=O) groups excluding carboxylic acids is 5. The fourth-order valence-electron chi connectivity index (χ4n) is 5.93. The summed E-state index contributed by atoms with van der Waals surface area (Å²) in [6.07, 6.45) is 12.3. The van der Waals surface area contributed by atoms with Gasteiger partial charge in [0.2, 0.25) is 17.1 Å². The number of rotatable bonds is 10. The number of methoxy groups -OCH3 is 2. The van der Waals surface area contributed by atoms with Gasteiger partial charge >= 0.3 is 12.1 Å². The van der Waals surface area contributed by atoms with Gasteiger partial charge in [-0.2, -0.15) is 0 Å². The Labute approximate surface area is 343 Å². The van der Waals surface area contributed by atoms with E-state index in [-0.39, 0.29) is 74.3 Å². The van der Waals surface area contributed by atoms with E-state index >= 15 is 0 Å². The van der Waals surface area contributed by atoms with E-state index in [0.717, 1.165) is 77.0 Å². The van der Waals surface area contributed by atoms with Crippen molar-refractivity contribution in [3.63, 3.8) is 0 Å². The van der Waals surface area contributed by atoms with Crippen LogP contribution in [-0.2, 0) is 38.1 Å². The number of halogens is 2. The maximum absolute atomic E-state index is 11.8. The second-order valence-corrected chi connectivity index (χ2v) is 16.5. The molecule has 16 heteroatoms. The average molecular weight is 831 g/mol. The molecule has 3 rings (SSSR count). The normalized spacial score (nSPS) is 23.3. The molecule has 3 aliphatic rings. The Hall–Kier alpha value is -2.23. The Balaban J connectivity index is -0.000000695. The maximum Gasteiger partial charge on any atom is 0.407 e. The number of ether oxygens (including phenoxy) is 4. The number of amides is 3. The molecule has 3 amide bonds. The van der Waals surface area contributed by atoms with Crippen molar-refractivity contribution < 1.29 is 42.9 Å². The standard InChI is InChI=1S/C15H27NO4.C11H22N2O2.C9H18N2O2.C3H5ClO.CH4.ClH/c1-15(2,3)20-14(18)9-11-5-7-12(8-6-11)16-13(17)10-19-4;1-11(2,3)15-10(14)13-9-6-4-8(12)5-7-9;1-13-6-9(12)11-8-4-2-7(10)3-5-8;1-2-3(4)5;;/h11-12H,5-10H2,1-4H3,(H,16,17);8-9H,4-7,12H2,1-3H3,(H,13,14);7-8H,2-6,10H2,1H3,(H,11,12);2H2,1H3;1H4;1H. The molecule has 0 unspecified atom stereocenters. The molecule has 7 N–H and O–H groups in total. The van der Waals surface area contributed by atoms with Crippen LogP contribution in [0.5, 0.6) is 0 Å². The molecule has 14 nitrogen and oxygen atoms in total. The van der Waals surface area contributed by atoms with Crippen LogP contribution in [0.25, 0.3) is 0 Å². The van der Waals surface area contributed by atoms with E-state index in [2.05, 4.69) is 16.0 Å². The van der Waals surface area contributed by atoms with Crippen LogP contribution in [0.1, 0.15) is 146 Å². The van der Waals surface area contributed by atoms with Gasteiger partial charge in [-0.3, -0.25) is 19.2 Å². The van der Waals surface area contributed by atoms with Crippen LogP contribution >= 0.6 is 24.0 Å². The minimum absolute atomic E-state index is 0. The Morgan fingerprint density at radius 2 is 0.945 bits per heavy atom. The van der Waals surface area contributed by atoms with Crippen molar-refractivity contribution in [2.24, 2.45) is 17.4 Å². The summed E-state index contributed by atoms with van der Waals surface area (Å²) in [6, 6.07) is 1.40. The topological polar surface area (TPSA) is 210 Å². The monoisotopic (exact) mass is 830 g/mol. The summed E-state index contributed by atoms with van der Waals surface area (Å²) >= 11 is 4.82. The molecule has 3 aliphatic carbocycles. The molecule has 0 saturated heterocycles. The van der Waals surface area contributed by atoms with E-state index in [4.69, 9.17) is 42.0 Å². The van der Waals surface area contributed by atoms with Crippen LogP contribution < -0.4 is 27.4 Å². The number of alkyl carbamates (subject to hydrolysis) is 1. The minimum atomic E-state index is -0.421. The SMILES string of the molecule is C.CC(C)(C)OC(=O)NC1CCC(N)CC1.CCC(=O)Cl.COCC(=O)NC1CCC(CC(=O)OC(C)(C)C)CC1.COCC(=O)NC1CCC(N)CC1.Cl. The summed E-state index contributed by atoms with van der Waals surface area (Å²) in [7, 11) is 3.04. The maximum atomic E-state index is 11.8. The van der Waals surface area contributed by atoms with E-state index in [1.54, 1.807) is 6.92 Å². The van der Waals surface area contributed by atoms with Crippen LogP contribution in [-0.4, -0.2) is 98.0 Å². The van der Waals surface area contributed by atoms with Crippen molar-refractivity contribution in [2.75, 3.05) is 27.4 Å². The molecule has 0 bridgehead atoms. The summed E-state index contributed by atoms with van der Waals surface area (Å²) in [6.45, 7) is 13.2. The van der Waals surface area contributed by atoms with E-state index in [1.165, 1.54) is 14.2 Å². The van der Waals surface area contributed by atoms with Gasteiger partial charge in [-0.15, -0.1) is 12.4 Å². The minimum Gasteiger partial charge on any atom is -0.460 e. The van der Waals surface area contributed by atoms with Crippen LogP contribution in [0.15, 0.2) is 0 Å². The molecule has 55 heavy (non-hydrogen) atoms. The molecule has 3 fully saturated rings. The van der Waals surface area contributed by atoms with Crippen LogP contribution in [0.2, 0.25) is 0 Å². The van der Waals surface area contributed by atoms with Gasteiger partial charge in [-0.25, -0.2) is 4.79 Å². The molecule has 0 heterocycles. The molecule has 0 atom stereocenters. The third kappa shape index (κ3) is 33.6. The molecule has 0 radical (unpaired) electrons. The highest BCUT2D eigenvalue weighted by atomic mass is 35.5. The quantitative estimate of drug-likeness (QED) is 0.126. The second kappa shape index (κ2) is 30.8. The zero-order chi connectivity index (χ0) is 40.6. The lowest BCUT2D eigenvalue weighted by Gasteiger charge is -2.29. The number of esters is 1. The average Bonchev–Trinajstić information content (AvgIpc) is 3.03. The number of hydrogen-bond donors (Lipinski definition) is 5. The Kier molecular flexibility index (Phi) is 32.0. The third-order valence-electron chi connectivity index (χ3n) is 8.55. The molecule has 0 spiro atoms. The lowest BCUT2D eigenvalue weighted by Crippen LogP contribution is -2.42. The van der Waals surface area contributed by atoms with Gasteiger partial charge in [0.1, 0.15) is 24.4 Å². The summed E-state index contributed by atoms with van der Waals surface area (Å²) < 4.78 is 20.0. The fourth-order valence-corrected chi connectivity index (χ4v) is 5.93. The van der Waals surface area contributed by atoms with Crippen LogP contribution in [0.4, 0.5) is 4.79 Å². The Morgan fingerprint density at radius 3 is 1.25 bits per heavy atom. The zero-order valence-corrected chi connectivity index (χ0v) is 36.0. The van der Waals surface area contributed by atoms with E-state index < -0.39 is 11.2 Å². The van der Waals surface area contributed by atoms with Crippen molar-refractivity contribution >= 4 is 53.1 Å². The van der Waals surface area contributed by atoms with Crippen LogP contribution in [0, 0.1) is 5.92 Å². The Bertz CT molecular complexity index is 1060. The van der Waals surface area contributed by atoms with Gasteiger partial charge in [0, 0.05) is 57.3 Å². The highest BCUT2D eigenvalue weighted by molar-refractivity contribution is 6.63. The first-order chi connectivity index (χ1) is 24.7. The van der Waals surface area contributed by atoms with Gasteiger partial charge in [0.25, 0.3) is 0 Å². The predicted molar refractivity (Wildman–Crippen MR) is 221 cm³/mol. The van der Waals surface area contributed by atoms with Gasteiger partial charge in [0.15, 0.2) is 0 Å². The molecular formula is C39H77Cl2N5O9. The smallest absolute Gasteiger partial charge is 0.407 e. The summed E-state index contributed by atoms with van der Waals surface area (Å²) in [5, 5.41) is 8.48. The van der Waals surface area contributed by atoms with Crippen LogP contribution in [0.3, 0.4) is 0 Å². The highest BCUT2D eigenvalue weighted by Gasteiger charge is 2.27. The number of nitrogens with two attached hydrogens (primary N) is 2.